The molecule has 0 saturated heterocycles. The fourth-order valence-corrected chi connectivity index (χ4v) is 2.06. The number of amides is 2. The second-order valence-corrected chi connectivity index (χ2v) is 5.21. The second-order valence-electron chi connectivity index (χ2n) is 5.21. The first-order valence-electron chi connectivity index (χ1n) is 7.45. The van der Waals surface area contributed by atoms with Crippen molar-refractivity contribution in [3.05, 3.63) is 53.6 Å². The molecule has 0 radical (unpaired) electrons. The molecule has 130 valence electrons. The maximum Gasteiger partial charge on any atom is 0.265 e. The summed E-state index contributed by atoms with van der Waals surface area (Å²) in [5.74, 6) is -0.154. The molecular weight excluding hydrogens is 324 g/mol. The SMILES string of the molecule is COc1ccc(O[C@H](C)C(=O)Nc2ccc(C(N)=O)cc2)c(C=O)c1. The highest BCUT2D eigenvalue weighted by Crippen LogP contribution is 2.24. The number of hydrogen-bond acceptors (Lipinski definition) is 5. The molecule has 0 aromatic heterocycles. The highest BCUT2D eigenvalue weighted by Gasteiger charge is 2.17. The van der Waals surface area contributed by atoms with Gasteiger partial charge in [0.2, 0.25) is 5.91 Å². The number of benzene rings is 2. The zero-order valence-corrected chi connectivity index (χ0v) is 13.8. The molecule has 0 aliphatic rings. The summed E-state index contributed by atoms with van der Waals surface area (Å²) < 4.78 is 10.6. The highest BCUT2D eigenvalue weighted by atomic mass is 16.5. The van der Waals surface area contributed by atoms with Crippen LogP contribution in [0.5, 0.6) is 11.5 Å². The van der Waals surface area contributed by atoms with Crippen LogP contribution in [-0.4, -0.2) is 31.3 Å². The Balaban J connectivity index is 2.05. The first-order chi connectivity index (χ1) is 11.9. The minimum absolute atomic E-state index is 0.280. The van der Waals surface area contributed by atoms with Crippen LogP contribution in [0.15, 0.2) is 42.5 Å². The van der Waals surface area contributed by atoms with Gasteiger partial charge in [0.25, 0.3) is 5.91 Å². The lowest BCUT2D eigenvalue weighted by molar-refractivity contribution is -0.122. The molecule has 0 saturated carbocycles. The predicted octanol–water partition coefficient (Wildman–Crippen LogP) is 2.01. The zero-order chi connectivity index (χ0) is 18.4. The molecule has 0 unspecified atom stereocenters. The maximum absolute atomic E-state index is 12.2. The van der Waals surface area contributed by atoms with Crippen molar-refractivity contribution in [2.75, 3.05) is 12.4 Å². The maximum atomic E-state index is 12.2. The molecule has 0 heterocycles. The van der Waals surface area contributed by atoms with Gasteiger partial charge in [-0.15, -0.1) is 0 Å². The minimum atomic E-state index is -0.845. The van der Waals surface area contributed by atoms with E-state index in [4.69, 9.17) is 15.2 Å². The van der Waals surface area contributed by atoms with Crippen LogP contribution in [0, 0.1) is 0 Å². The lowest BCUT2D eigenvalue weighted by Crippen LogP contribution is -2.30. The van der Waals surface area contributed by atoms with Crippen LogP contribution in [-0.2, 0) is 4.79 Å². The Bertz CT molecular complexity index is 787. The summed E-state index contributed by atoms with van der Waals surface area (Å²) >= 11 is 0. The third-order valence-corrected chi connectivity index (χ3v) is 3.45. The van der Waals surface area contributed by atoms with E-state index in [9.17, 15) is 14.4 Å². The van der Waals surface area contributed by atoms with Crippen LogP contribution < -0.4 is 20.5 Å². The fraction of sp³-hybridized carbons (Fsp3) is 0.167. The van der Waals surface area contributed by atoms with E-state index < -0.39 is 17.9 Å². The molecule has 2 aromatic carbocycles. The van der Waals surface area contributed by atoms with Crippen molar-refractivity contribution in [3.63, 3.8) is 0 Å². The van der Waals surface area contributed by atoms with Gasteiger partial charge in [0.05, 0.1) is 12.7 Å². The van der Waals surface area contributed by atoms with Gasteiger partial charge in [-0.1, -0.05) is 0 Å². The molecule has 2 aromatic rings. The van der Waals surface area contributed by atoms with E-state index in [1.54, 1.807) is 31.2 Å². The molecule has 3 N–H and O–H groups in total. The van der Waals surface area contributed by atoms with E-state index in [0.29, 0.717) is 23.3 Å². The molecule has 2 amide bonds. The molecule has 7 nitrogen and oxygen atoms in total. The lowest BCUT2D eigenvalue weighted by Gasteiger charge is -2.16. The summed E-state index contributed by atoms with van der Waals surface area (Å²) in [4.78, 5) is 34.4. The summed E-state index contributed by atoms with van der Waals surface area (Å²) in [5.41, 5.74) is 6.29. The Morgan fingerprint density at radius 3 is 2.40 bits per heavy atom. The van der Waals surface area contributed by atoms with Gasteiger partial charge in [-0.25, -0.2) is 0 Å². The van der Waals surface area contributed by atoms with Crippen molar-refractivity contribution in [1.29, 1.82) is 0 Å². The Labute approximate surface area is 144 Å². The standard InChI is InChI=1S/C18H18N2O5/c1-11(25-16-8-7-15(24-2)9-13(16)10-21)18(23)20-14-5-3-12(4-6-14)17(19)22/h3-11H,1-2H3,(H2,19,22)(H,20,23)/t11-/m1/s1. The van der Waals surface area contributed by atoms with Gasteiger partial charge in [-0.3, -0.25) is 14.4 Å². The number of anilines is 1. The molecular formula is C18H18N2O5. The number of nitrogens with two attached hydrogens (primary N) is 1. The third-order valence-electron chi connectivity index (χ3n) is 3.45. The zero-order valence-electron chi connectivity index (χ0n) is 13.8. The van der Waals surface area contributed by atoms with Crippen molar-refractivity contribution in [3.8, 4) is 11.5 Å². The number of rotatable bonds is 7. The van der Waals surface area contributed by atoms with Crippen molar-refractivity contribution in [2.45, 2.75) is 13.0 Å². The topological polar surface area (TPSA) is 108 Å². The summed E-state index contributed by atoms with van der Waals surface area (Å²) in [6, 6.07) is 10.9. The van der Waals surface area contributed by atoms with Crippen LogP contribution in [0.3, 0.4) is 0 Å². The Hall–Kier alpha value is -3.35. The highest BCUT2D eigenvalue weighted by molar-refractivity contribution is 5.96. The van der Waals surface area contributed by atoms with Crippen LogP contribution in [0.25, 0.3) is 0 Å². The van der Waals surface area contributed by atoms with Crippen LogP contribution in [0.4, 0.5) is 5.69 Å². The van der Waals surface area contributed by atoms with Crippen molar-refractivity contribution >= 4 is 23.8 Å². The number of methoxy groups -OCH3 is 1. The number of carbonyl (C=O) groups excluding carboxylic acids is 3. The van der Waals surface area contributed by atoms with Gasteiger partial charge >= 0.3 is 0 Å². The van der Waals surface area contributed by atoms with E-state index in [1.807, 2.05) is 0 Å². The first-order valence-corrected chi connectivity index (χ1v) is 7.45. The van der Waals surface area contributed by atoms with Gasteiger partial charge in [0.1, 0.15) is 11.5 Å². The van der Waals surface area contributed by atoms with E-state index >= 15 is 0 Å². The van der Waals surface area contributed by atoms with Gasteiger partial charge in [0, 0.05) is 11.3 Å². The predicted molar refractivity (Wildman–Crippen MR) is 92.1 cm³/mol. The molecule has 0 aliphatic heterocycles. The Morgan fingerprint density at radius 2 is 1.84 bits per heavy atom. The van der Waals surface area contributed by atoms with Gasteiger partial charge in [-0.05, 0) is 49.4 Å². The van der Waals surface area contributed by atoms with Crippen molar-refractivity contribution in [2.24, 2.45) is 5.73 Å². The molecule has 0 spiro atoms. The molecule has 2 rings (SSSR count). The van der Waals surface area contributed by atoms with Crippen molar-refractivity contribution in [1.82, 2.24) is 0 Å². The molecule has 0 bridgehead atoms. The van der Waals surface area contributed by atoms with Gasteiger partial charge in [0.15, 0.2) is 12.4 Å². The van der Waals surface area contributed by atoms with Crippen LogP contribution in [0.1, 0.15) is 27.6 Å². The number of hydrogen-bond donors (Lipinski definition) is 2. The molecule has 0 fully saturated rings. The third kappa shape index (κ3) is 4.57. The van der Waals surface area contributed by atoms with Crippen LogP contribution >= 0.6 is 0 Å². The average Bonchev–Trinajstić information content (AvgIpc) is 2.62. The largest absolute Gasteiger partial charge is 0.497 e. The molecule has 0 aliphatic carbocycles. The Kier molecular flexibility index (Phi) is 5.73. The minimum Gasteiger partial charge on any atom is -0.497 e. The molecule has 25 heavy (non-hydrogen) atoms. The number of aldehydes is 1. The van der Waals surface area contributed by atoms with Gasteiger partial charge < -0.3 is 20.5 Å². The quantitative estimate of drug-likeness (QED) is 0.748. The first kappa shape index (κ1) is 18.0. The number of ether oxygens (including phenoxy) is 2. The van der Waals surface area contributed by atoms with E-state index in [0.717, 1.165) is 0 Å². The molecule has 1 atom stereocenters. The molecule has 7 heteroatoms. The van der Waals surface area contributed by atoms with Gasteiger partial charge in [-0.2, -0.15) is 0 Å². The summed E-state index contributed by atoms with van der Waals surface area (Å²) in [6.45, 7) is 1.56. The second kappa shape index (κ2) is 7.96. The van der Waals surface area contributed by atoms with E-state index in [1.165, 1.54) is 25.3 Å². The average molecular weight is 342 g/mol. The number of nitrogens with one attached hydrogen (secondary N) is 1. The number of carbonyl (C=O) groups is 3. The number of primary amides is 1. The van der Waals surface area contributed by atoms with E-state index in [-0.39, 0.29) is 11.3 Å². The summed E-state index contributed by atoms with van der Waals surface area (Å²) in [7, 11) is 1.49. The normalized spacial score (nSPS) is 11.3. The Morgan fingerprint density at radius 1 is 1.16 bits per heavy atom. The van der Waals surface area contributed by atoms with Crippen molar-refractivity contribution < 1.29 is 23.9 Å². The monoisotopic (exact) mass is 342 g/mol. The van der Waals surface area contributed by atoms with E-state index in [2.05, 4.69) is 5.32 Å². The summed E-state index contributed by atoms with van der Waals surface area (Å²) in [5, 5.41) is 2.66. The van der Waals surface area contributed by atoms with Crippen LogP contribution in [0.2, 0.25) is 0 Å². The lowest BCUT2D eigenvalue weighted by atomic mass is 10.2. The fourth-order valence-electron chi connectivity index (χ4n) is 2.06. The summed E-state index contributed by atoms with van der Waals surface area (Å²) in [6.07, 6.45) is -0.215. The smallest absolute Gasteiger partial charge is 0.265 e.